The van der Waals surface area contributed by atoms with Gasteiger partial charge in [0, 0.05) is 37.8 Å². The average molecular weight is 596 g/mol. The third-order valence-corrected chi connectivity index (χ3v) is 7.90. The molecule has 1 N–H and O–H groups in total. The fraction of sp³-hybridized carbons (Fsp3) is 0.500. The van der Waals surface area contributed by atoms with Crippen LogP contribution in [0.1, 0.15) is 37.3 Å². The number of nitrogens with one attached hydrogen (secondary N) is 1. The van der Waals surface area contributed by atoms with Gasteiger partial charge in [-0.15, -0.1) is 10.2 Å². The zero-order valence-electron chi connectivity index (χ0n) is 24.6. The molecule has 1 aliphatic heterocycles. The summed E-state index contributed by atoms with van der Waals surface area (Å²) in [4.78, 5) is 32.8. The number of carbonyl (C=O) groups excluding carboxylic acids is 2. The van der Waals surface area contributed by atoms with Gasteiger partial charge in [0.25, 0.3) is 0 Å². The van der Waals surface area contributed by atoms with Gasteiger partial charge in [-0.05, 0) is 54.0 Å². The molecule has 2 aromatic carbocycles. The summed E-state index contributed by atoms with van der Waals surface area (Å²) in [5.41, 5.74) is 1.17. The Morgan fingerprint density at radius 1 is 1.07 bits per heavy atom. The Bertz CT molecular complexity index is 1370. The number of carbonyl (C=O) groups is 2. The molecule has 1 aromatic heterocycles. The molecule has 2 heterocycles. The molecular weight excluding hydrogens is 557 g/mol. The molecular formula is C30H38FN7O5. The lowest BCUT2D eigenvalue weighted by Crippen LogP contribution is -2.50. The Morgan fingerprint density at radius 3 is 2.49 bits per heavy atom. The monoisotopic (exact) mass is 595 g/mol. The first kappa shape index (κ1) is 30.4. The largest absolute Gasteiger partial charge is 0.493 e. The third kappa shape index (κ3) is 7.65. The van der Waals surface area contributed by atoms with Crippen LogP contribution in [0.2, 0.25) is 0 Å². The standard InChI is InChI=1S/C30H38FN7O5/c1-41-25-12-9-22(19-26(25)42-2)29-33-35-38(34-29)20-27(39)37(14-13-36-15-17-43-18-16-36)28(21-7-10-23(31)11-8-21)30(40)32-24-5-3-4-6-24/h7-12,19,24,28H,3-6,13-18,20H2,1-2H3,(H,32,40). The lowest BCUT2D eigenvalue weighted by molar-refractivity contribution is -0.142. The summed E-state index contributed by atoms with van der Waals surface area (Å²) in [7, 11) is 3.09. The summed E-state index contributed by atoms with van der Waals surface area (Å²) in [6.07, 6.45) is 3.88. The second kappa shape index (κ2) is 14.4. The zero-order valence-corrected chi connectivity index (χ0v) is 24.6. The topological polar surface area (TPSA) is 124 Å². The highest BCUT2D eigenvalue weighted by Crippen LogP contribution is 2.31. The summed E-state index contributed by atoms with van der Waals surface area (Å²) >= 11 is 0. The molecule has 5 rings (SSSR count). The number of nitrogens with zero attached hydrogens (tertiary/aromatic N) is 6. The van der Waals surface area contributed by atoms with Gasteiger partial charge in [-0.3, -0.25) is 14.5 Å². The van der Waals surface area contributed by atoms with Crippen molar-refractivity contribution in [3.63, 3.8) is 0 Å². The van der Waals surface area contributed by atoms with E-state index in [-0.39, 0.29) is 30.9 Å². The van der Waals surface area contributed by atoms with E-state index in [1.165, 1.54) is 24.0 Å². The van der Waals surface area contributed by atoms with Crippen LogP contribution >= 0.6 is 0 Å². The molecule has 12 nitrogen and oxygen atoms in total. The van der Waals surface area contributed by atoms with E-state index >= 15 is 0 Å². The minimum absolute atomic E-state index is 0.0488. The number of methoxy groups -OCH3 is 2. The van der Waals surface area contributed by atoms with Gasteiger partial charge in [-0.2, -0.15) is 4.80 Å². The van der Waals surface area contributed by atoms with Gasteiger partial charge in [-0.25, -0.2) is 4.39 Å². The van der Waals surface area contributed by atoms with Gasteiger partial charge in [0.15, 0.2) is 11.5 Å². The maximum atomic E-state index is 14.0. The molecule has 0 radical (unpaired) electrons. The number of aromatic nitrogens is 4. The summed E-state index contributed by atoms with van der Waals surface area (Å²) in [5.74, 6) is 0.318. The van der Waals surface area contributed by atoms with Crippen LogP contribution in [-0.2, 0) is 20.9 Å². The second-order valence-corrected chi connectivity index (χ2v) is 10.7. The van der Waals surface area contributed by atoms with Crippen LogP contribution in [0.4, 0.5) is 4.39 Å². The fourth-order valence-electron chi connectivity index (χ4n) is 5.55. The lowest BCUT2D eigenvalue weighted by Gasteiger charge is -2.35. The van der Waals surface area contributed by atoms with Gasteiger partial charge >= 0.3 is 0 Å². The predicted octanol–water partition coefficient (Wildman–Crippen LogP) is 2.46. The molecule has 0 bridgehead atoms. The van der Waals surface area contributed by atoms with Gasteiger partial charge in [0.1, 0.15) is 18.4 Å². The van der Waals surface area contributed by atoms with E-state index < -0.39 is 11.9 Å². The summed E-state index contributed by atoms with van der Waals surface area (Å²) in [6, 6.07) is 10.1. The minimum atomic E-state index is -0.955. The average Bonchev–Trinajstić information content (AvgIpc) is 3.72. The fourth-order valence-corrected chi connectivity index (χ4v) is 5.55. The van der Waals surface area contributed by atoms with E-state index in [0.717, 1.165) is 38.8 Å². The molecule has 13 heteroatoms. The zero-order chi connectivity index (χ0) is 30.2. The number of hydrogen-bond donors (Lipinski definition) is 1. The van der Waals surface area contributed by atoms with E-state index in [1.54, 1.807) is 42.3 Å². The normalized spacial score (nSPS) is 16.5. The van der Waals surface area contributed by atoms with Crippen LogP contribution in [0, 0.1) is 5.82 Å². The van der Waals surface area contributed by atoms with Crippen molar-refractivity contribution in [1.82, 2.24) is 35.3 Å². The van der Waals surface area contributed by atoms with Gasteiger partial charge in [-0.1, -0.05) is 25.0 Å². The van der Waals surface area contributed by atoms with E-state index in [4.69, 9.17) is 14.2 Å². The SMILES string of the molecule is COc1ccc(-c2nnn(CC(=O)N(CCN3CCOCC3)C(C(=O)NC3CCCC3)c3ccc(F)cc3)n2)cc1OC. The van der Waals surface area contributed by atoms with E-state index in [9.17, 15) is 14.0 Å². The van der Waals surface area contributed by atoms with Crippen molar-refractivity contribution in [1.29, 1.82) is 0 Å². The molecule has 1 saturated heterocycles. The van der Waals surface area contributed by atoms with Crippen LogP contribution in [0.3, 0.4) is 0 Å². The van der Waals surface area contributed by atoms with Crippen LogP contribution in [0.25, 0.3) is 11.4 Å². The Labute approximate surface area is 250 Å². The van der Waals surface area contributed by atoms with Gasteiger partial charge in [0.05, 0.1) is 27.4 Å². The number of morpholine rings is 1. The maximum absolute atomic E-state index is 14.0. The van der Waals surface area contributed by atoms with Crippen LogP contribution in [-0.4, -0.2) is 101 Å². The third-order valence-electron chi connectivity index (χ3n) is 7.90. The number of halogens is 1. The molecule has 1 unspecified atom stereocenters. The first-order chi connectivity index (χ1) is 20.9. The molecule has 3 aromatic rings. The maximum Gasteiger partial charge on any atom is 0.247 e. The molecule has 230 valence electrons. The second-order valence-electron chi connectivity index (χ2n) is 10.7. The summed E-state index contributed by atoms with van der Waals surface area (Å²) < 4.78 is 30.1. The molecule has 1 aliphatic carbocycles. The van der Waals surface area contributed by atoms with E-state index in [0.29, 0.717) is 48.2 Å². The number of rotatable bonds is 12. The van der Waals surface area contributed by atoms with Crippen molar-refractivity contribution in [3.8, 4) is 22.9 Å². The Morgan fingerprint density at radius 2 is 1.79 bits per heavy atom. The number of benzene rings is 2. The van der Waals surface area contributed by atoms with E-state index in [1.807, 2.05) is 0 Å². The number of hydrogen-bond acceptors (Lipinski definition) is 9. The molecule has 1 saturated carbocycles. The van der Waals surface area contributed by atoms with Crippen molar-refractivity contribution in [3.05, 3.63) is 53.8 Å². The molecule has 2 fully saturated rings. The van der Waals surface area contributed by atoms with Crippen molar-refractivity contribution >= 4 is 11.8 Å². The molecule has 2 amide bonds. The quantitative estimate of drug-likeness (QED) is 0.336. The van der Waals surface area contributed by atoms with Crippen molar-refractivity contribution in [2.24, 2.45) is 0 Å². The highest BCUT2D eigenvalue weighted by atomic mass is 19.1. The first-order valence-corrected chi connectivity index (χ1v) is 14.6. The smallest absolute Gasteiger partial charge is 0.247 e. The summed E-state index contributed by atoms with van der Waals surface area (Å²) in [5, 5.41) is 15.8. The molecule has 43 heavy (non-hydrogen) atoms. The van der Waals surface area contributed by atoms with Crippen molar-refractivity contribution < 1.29 is 28.2 Å². The molecule has 2 aliphatic rings. The molecule has 1 atom stereocenters. The molecule has 0 spiro atoms. The first-order valence-electron chi connectivity index (χ1n) is 14.6. The van der Waals surface area contributed by atoms with Crippen LogP contribution in [0.15, 0.2) is 42.5 Å². The Kier molecular flexibility index (Phi) is 10.2. The van der Waals surface area contributed by atoms with Gasteiger partial charge < -0.3 is 24.4 Å². The Balaban J connectivity index is 1.40. The van der Waals surface area contributed by atoms with Crippen molar-refractivity contribution in [2.75, 3.05) is 53.6 Å². The van der Waals surface area contributed by atoms with Crippen molar-refractivity contribution in [2.45, 2.75) is 44.3 Å². The van der Waals surface area contributed by atoms with Gasteiger partial charge in [0.2, 0.25) is 17.6 Å². The highest BCUT2D eigenvalue weighted by Gasteiger charge is 2.34. The summed E-state index contributed by atoms with van der Waals surface area (Å²) in [6.45, 7) is 3.27. The van der Waals surface area contributed by atoms with Crippen LogP contribution in [0.5, 0.6) is 11.5 Å². The number of ether oxygens (including phenoxy) is 3. The number of tetrazole rings is 1. The number of amides is 2. The predicted molar refractivity (Wildman–Crippen MR) is 155 cm³/mol. The van der Waals surface area contributed by atoms with E-state index in [2.05, 4.69) is 25.6 Å². The highest BCUT2D eigenvalue weighted by molar-refractivity contribution is 5.89. The minimum Gasteiger partial charge on any atom is -0.493 e. The lowest BCUT2D eigenvalue weighted by atomic mass is 10.0. The Hall–Kier alpha value is -4.10. The van der Waals surface area contributed by atoms with Crippen LogP contribution < -0.4 is 14.8 Å².